The summed E-state index contributed by atoms with van der Waals surface area (Å²) in [6.45, 7) is 9.72. The molecule has 7 heteroatoms. The van der Waals surface area contributed by atoms with E-state index in [1.165, 1.54) is 18.7 Å². The monoisotopic (exact) mass is 320 g/mol. The quantitative estimate of drug-likeness (QED) is 0.654. The van der Waals surface area contributed by atoms with Crippen LogP contribution < -0.4 is 0 Å². The van der Waals surface area contributed by atoms with Crippen LogP contribution in [-0.4, -0.2) is 36.6 Å². The van der Waals surface area contributed by atoms with Gasteiger partial charge in [-0.2, -0.15) is 0 Å². The Morgan fingerprint density at radius 3 is 2.64 bits per heavy atom. The van der Waals surface area contributed by atoms with Gasteiger partial charge in [-0.25, -0.2) is 0 Å². The summed E-state index contributed by atoms with van der Waals surface area (Å²) in [6.07, 6.45) is 1.65. The third-order valence-corrected chi connectivity index (χ3v) is 4.70. The van der Waals surface area contributed by atoms with Crippen LogP contribution >= 0.6 is 11.8 Å². The Labute approximate surface area is 133 Å². The van der Waals surface area contributed by atoms with E-state index in [1.807, 2.05) is 25.3 Å². The number of thioether (sulfide) groups is 1. The SMILES string of the molecule is CCn1cnnc1S[C@H](C)C(=O)c1[nH]c(C)c(C(C)=O)c1C. The van der Waals surface area contributed by atoms with Gasteiger partial charge in [-0.05, 0) is 40.2 Å². The predicted octanol–water partition coefficient (Wildman–Crippen LogP) is 2.81. The van der Waals surface area contributed by atoms with Crippen LogP contribution in [0, 0.1) is 13.8 Å². The Kier molecular flexibility index (Phi) is 4.85. The minimum Gasteiger partial charge on any atom is -0.355 e. The molecule has 0 saturated heterocycles. The van der Waals surface area contributed by atoms with Crippen LogP contribution in [0.3, 0.4) is 0 Å². The predicted molar refractivity (Wildman–Crippen MR) is 85.6 cm³/mol. The maximum absolute atomic E-state index is 12.7. The second-order valence-corrected chi connectivity index (χ2v) is 6.51. The molecule has 2 aromatic rings. The number of carbonyl (C=O) groups excluding carboxylic acids is 2. The number of Topliss-reactive ketones (excluding diaryl/α,β-unsaturated/α-hetero) is 2. The van der Waals surface area contributed by atoms with E-state index in [1.54, 1.807) is 13.3 Å². The van der Waals surface area contributed by atoms with Crippen LogP contribution in [0.15, 0.2) is 11.5 Å². The van der Waals surface area contributed by atoms with E-state index < -0.39 is 0 Å². The Morgan fingerprint density at radius 1 is 1.41 bits per heavy atom. The number of aromatic nitrogens is 4. The number of hydrogen-bond acceptors (Lipinski definition) is 5. The molecule has 0 unspecified atom stereocenters. The number of ketones is 2. The van der Waals surface area contributed by atoms with Crippen molar-refractivity contribution in [3.63, 3.8) is 0 Å². The molecule has 1 atom stereocenters. The van der Waals surface area contributed by atoms with Gasteiger partial charge in [0, 0.05) is 17.8 Å². The molecule has 0 aliphatic heterocycles. The van der Waals surface area contributed by atoms with Gasteiger partial charge in [0.05, 0.1) is 10.9 Å². The van der Waals surface area contributed by atoms with Gasteiger partial charge in [-0.3, -0.25) is 9.59 Å². The Hall–Kier alpha value is -1.89. The van der Waals surface area contributed by atoms with Crippen LogP contribution in [0.1, 0.15) is 52.9 Å². The number of nitrogens with one attached hydrogen (secondary N) is 1. The van der Waals surface area contributed by atoms with Gasteiger partial charge in [-0.1, -0.05) is 11.8 Å². The van der Waals surface area contributed by atoms with E-state index >= 15 is 0 Å². The molecular weight excluding hydrogens is 300 g/mol. The van der Waals surface area contributed by atoms with Crippen molar-refractivity contribution < 1.29 is 9.59 Å². The molecule has 2 aromatic heterocycles. The summed E-state index contributed by atoms with van der Waals surface area (Å²) in [7, 11) is 0. The van der Waals surface area contributed by atoms with Crippen LogP contribution in [0.5, 0.6) is 0 Å². The first-order chi connectivity index (χ1) is 10.4. The minimum atomic E-state index is -0.314. The second kappa shape index (κ2) is 6.48. The molecule has 0 aliphatic rings. The van der Waals surface area contributed by atoms with Gasteiger partial charge in [0.15, 0.2) is 16.7 Å². The maximum atomic E-state index is 12.7. The standard InChI is InChI=1S/C15H20N4O2S/c1-6-19-7-16-18-15(19)22-11(5)14(21)13-8(2)12(10(4)20)9(3)17-13/h7,11,17H,6H2,1-5H3/t11-/m1/s1. The lowest BCUT2D eigenvalue weighted by molar-refractivity contribution is 0.0988. The molecule has 2 heterocycles. The van der Waals surface area contributed by atoms with Crippen LogP contribution in [-0.2, 0) is 6.54 Å². The molecular formula is C15H20N4O2S. The molecule has 6 nitrogen and oxygen atoms in total. The number of nitrogens with zero attached hydrogens (tertiary/aromatic N) is 3. The van der Waals surface area contributed by atoms with E-state index in [9.17, 15) is 9.59 Å². The summed E-state index contributed by atoms with van der Waals surface area (Å²) in [5.41, 5.74) is 2.57. The first-order valence-electron chi connectivity index (χ1n) is 7.15. The summed E-state index contributed by atoms with van der Waals surface area (Å²) >= 11 is 1.37. The number of rotatable bonds is 6. The molecule has 22 heavy (non-hydrogen) atoms. The van der Waals surface area contributed by atoms with Crippen molar-refractivity contribution in [1.82, 2.24) is 19.7 Å². The third-order valence-electron chi connectivity index (χ3n) is 3.61. The molecule has 0 saturated carbocycles. The van der Waals surface area contributed by atoms with Gasteiger partial charge in [0.1, 0.15) is 6.33 Å². The summed E-state index contributed by atoms with van der Waals surface area (Å²) in [5.74, 6) is -0.0694. The highest BCUT2D eigenvalue weighted by Crippen LogP contribution is 2.26. The van der Waals surface area contributed by atoms with Crippen LogP contribution in [0.25, 0.3) is 0 Å². The lowest BCUT2D eigenvalue weighted by Crippen LogP contribution is -2.16. The average Bonchev–Trinajstić information content (AvgIpc) is 3.01. The second-order valence-electron chi connectivity index (χ2n) is 5.21. The zero-order valence-electron chi connectivity index (χ0n) is 13.4. The van der Waals surface area contributed by atoms with Gasteiger partial charge >= 0.3 is 0 Å². The van der Waals surface area contributed by atoms with E-state index in [0.29, 0.717) is 11.3 Å². The molecule has 0 aliphatic carbocycles. The molecule has 1 N–H and O–H groups in total. The fraction of sp³-hybridized carbons (Fsp3) is 0.467. The fourth-order valence-electron chi connectivity index (χ4n) is 2.49. The van der Waals surface area contributed by atoms with Crippen molar-refractivity contribution >= 4 is 23.3 Å². The largest absolute Gasteiger partial charge is 0.355 e. The number of H-pyrrole nitrogens is 1. The van der Waals surface area contributed by atoms with Gasteiger partial charge in [0.25, 0.3) is 0 Å². The number of aromatic amines is 1. The summed E-state index contributed by atoms with van der Waals surface area (Å²) in [6, 6.07) is 0. The summed E-state index contributed by atoms with van der Waals surface area (Å²) in [4.78, 5) is 27.4. The van der Waals surface area contributed by atoms with Crippen molar-refractivity contribution in [1.29, 1.82) is 0 Å². The zero-order valence-corrected chi connectivity index (χ0v) is 14.2. The molecule has 0 spiro atoms. The van der Waals surface area contributed by atoms with Crippen LogP contribution in [0.2, 0.25) is 0 Å². The Bertz CT molecular complexity index is 717. The summed E-state index contributed by atoms with van der Waals surface area (Å²) in [5, 5.41) is 8.31. The van der Waals surface area contributed by atoms with Crippen LogP contribution in [0.4, 0.5) is 0 Å². The first kappa shape index (κ1) is 16.5. The van der Waals surface area contributed by atoms with E-state index in [0.717, 1.165) is 23.0 Å². The highest BCUT2D eigenvalue weighted by Gasteiger charge is 2.25. The number of carbonyl (C=O) groups is 2. The highest BCUT2D eigenvalue weighted by atomic mass is 32.2. The summed E-state index contributed by atoms with van der Waals surface area (Å²) < 4.78 is 1.89. The first-order valence-corrected chi connectivity index (χ1v) is 8.03. The number of hydrogen-bond donors (Lipinski definition) is 1. The fourth-order valence-corrected chi connectivity index (χ4v) is 3.44. The third kappa shape index (κ3) is 2.99. The number of aryl methyl sites for hydroxylation is 2. The van der Waals surface area contributed by atoms with Crippen molar-refractivity contribution in [2.45, 2.75) is 51.6 Å². The lowest BCUT2D eigenvalue weighted by Gasteiger charge is -2.10. The minimum absolute atomic E-state index is 0.0312. The molecule has 0 aromatic carbocycles. The molecule has 0 amide bonds. The van der Waals surface area contributed by atoms with Crippen molar-refractivity contribution in [3.05, 3.63) is 28.8 Å². The van der Waals surface area contributed by atoms with E-state index in [2.05, 4.69) is 15.2 Å². The molecule has 118 valence electrons. The molecule has 0 radical (unpaired) electrons. The average molecular weight is 320 g/mol. The molecule has 2 rings (SSSR count). The van der Waals surface area contributed by atoms with Crippen molar-refractivity contribution in [2.24, 2.45) is 0 Å². The van der Waals surface area contributed by atoms with Crippen molar-refractivity contribution in [3.8, 4) is 0 Å². The lowest BCUT2D eigenvalue weighted by atomic mass is 10.0. The van der Waals surface area contributed by atoms with Gasteiger partial charge < -0.3 is 9.55 Å². The van der Waals surface area contributed by atoms with Crippen molar-refractivity contribution in [2.75, 3.05) is 0 Å². The zero-order chi connectivity index (χ0) is 16.4. The molecule has 0 fully saturated rings. The Balaban J connectivity index is 2.25. The Morgan fingerprint density at radius 2 is 2.09 bits per heavy atom. The van der Waals surface area contributed by atoms with E-state index in [-0.39, 0.29) is 16.8 Å². The van der Waals surface area contributed by atoms with Gasteiger partial charge in [-0.15, -0.1) is 10.2 Å². The highest BCUT2D eigenvalue weighted by molar-refractivity contribution is 8.00. The van der Waals surface area contributed by atoms with Gasteiger partial charge in [0.2, 0.25) is 0 Å². The van der Waals surface area contributed by atoms with E-state index in [4.69, 9.17) is 0 Å². The topological polar surface area (TPSA) is 80.6 Å². The maximum Gasteiger partial charge on any atom is 0.192 e. The normalized spacial score (nSPS) is 12.4. The smallest absolute Gasteiger partial charge is 0.192 e. The molecule has 0 bridgehead atoms.